The van der Waals surface area contributed by atoms with Crippen LogP contribution in [0.2, 0.25) is 0 Å². The number of carbonyl (C=O) groups excluding carboxylic acids is 1. The van der Waals surface area contributed by atoms with Gasteiger partial charge in [0.1, 0.15) is 0 Å². The minimum absolute atomic E-state index is 0.0391. The number of amides is 1. The molecule has 88 valence electrons. The van der Waals surface area contributed by atoms with Gasteiger partial charge in [0.15, 0.2) is 0 Å². The van der Waals surface area contributed by atoms with Crippen LogP contribution in [0.15, 0.2) is 0 Å². The Morgan fingerprint density at radius 2 is 2.27 bits per heavy atom. The van der Waals surface area contributed by atoms with E-state index in [0.29, 0.717) is 12.6 Å². The van der Waals surface area contributed by atoms with Gasteiger partial charge in [-0.1, -0.05) is 6.92 Å². The van der Waals surface area contributed by atoms with E-state index in [1.807, 2.05) is 11.8 Å². The Hall–Kier alpha value is -0.610. The SMILES string of the molecule is COCC(C)C(=O)N1CCNC(C)C1C. The van der Waals surface area contributed by atoms with Crippen molar-refractivity contribution in [1.82, 2.24) is 10.2 Å². The number of hydrogen-bond acceptors (Lipinski definition) is 3. The monoisotopic (exact) mass is 214 g/mol. The van der Waals surface area contributed by atoms with Crippen LogP contribution in [0.25, 0.3) is 0 Å². The first-order valence-electron chi connectivity index (χ1n) is 5.60. The summed E-state index contributed by atoms with van der Waals surface area (Å²) in [5.74, 6) is 0.167. The molecular formula is C11H22N2O2. The Morgan fingerprint density at radius 1 is 1.60 bits per heavy atom. The third kappa shape index (κ3) is 2.92. The smallest absolute Gasteiger partial charge is 0.228 e. The molecule has 1 aliphatic heterocycles. The van der Waals surface area contributed by atoms with Crippen molar-refractivity contribution in [1.29, 1.82) is 0 Å². The number of carbonyl (C=O) groups is 1. The maximum absolute atomic E-state index is 12.1. The van der Waals surface area contributed by atoms with Gasteiger partial charge in [-0.3, -0.25) is 4.79 Å². The lowest BCUT2D eigenvalue weighted by molar-refractivity contribution is -0.140. The topological polar surface area (TPSA) is 41.6 Å². The van der Waals surface area contributed by atoms with Crippen molar-refractivity contribution in [2.45, 2.75) is 32.9 Å². The van der Waals surface area contributed by atoms with Gasteiger partial charge >= 0.3 is 0 Å². The fourth-order valence-electron chi connectivity index (χ4n) is 1.97. The Morgan fingerprint density at radius 3 is 2.87 bits per heavy atom. The molecule has 3 unspecified atom stereocenters. The standard InChI is InChI=1S/C11H22N2O2/c1-8(7-15-4)11(14)13-6-5-12-9(2)10(13)3/h8-10,12H,5-7H2,1-4H3. The Kier molecular flexibility index (Phi) is 4.54. The highest BCUT2D eigenvalue weighted by atomic mass is 16.5. The van der Waals surface area contributed by atoms with Crippen LogP contribution in [0.1, 0.15) is 20.8 Å². The molecule has 0 radical (unpaired) electrons. The number of piperazine rings is 1. The second-order valence-electron chi connectivity index (χ2n) is 4.37. The number of rotatable bonds is 3. The van der Waals surface area contributed by atoms with Gasteiger partial charge in [0, 0.05) is 32.3 Å². The number of nitrogens with zero attached hydrogens (tertiary/aromatic N) is 1. The zero-order valence-corrected chi connectivity index (χ0v) is 10.1. The van der Waals surface area contributed by atoms with Crippen molar-refractivity contribution in [3.63, 3.8) is 0 Å². The average Bonchev–Trinajstić information content (AvgIpc) is 2.21. The molecular weight excluding hydrogens is 192 g/mol. The van der Waals surface area contributed by atoms with Crippen LogP contribution in [0.3, 0.4) is 0 Å². The summed E-state index contributed by atoms with van der Waals surface area (Å²) in [7, 11) is 1.63. The molecule has 1 heterocycles. The zero-order valence-electron chi connectivity index (χ0n) is 10.1. The van der Waals surface area contributed by atoms with E-state index in [0.717, 1.165) is 13.1 Å². The van der Waals surface area contributed by atoms with Gasteiger partial charge in [0.25, 0.3) is 0 Å². The summed E-state index contributed by atoms with van der Waals surface area (Å²) >= 11 is 0. The summed E-state index contributed by atoms with van der Waals surface area (Å²) in [6, 6.07) is 0.642. The maximum atomic E-state index is 12.1. The van der Waals surface area contributed by atoms with Crippen LogP contribution < -0.4 is 5.32 Å². The first-order chi connectivity index (χ1) is 7.07. The molecule has 0 aromatic heterocycles. The quantitative estimate of drug-likeness (QED) is 0.743. The van der Waals surface area contributed by atoms with Gasteiger partial charge in [-0.05, 0) is 13.8 Å². The summed E-state index contributed by atoms with van der Waals surface area (Å²) in [5, 5.41) is 3.36. The Balaban J connectivity index is 2.57. The molecule has 1 fully saturated rings. The van der Waals surface area contributed by atoms with Crippen LogP contribution in [0, 0.1) is 5.92 Å². The largest absolute Gasteiger partial charge is 0.384 e. The molecule has 0 bridgehead atoms. The van der Waals surface area contributed by atoms with Gasteiger partial charge in [0.05, 0.1) is 12.5 Å². The summed E-state index contributed by atoms with van der Waals surface area (Å²) in [6.07, 6.45) is 0. The highest BCUT2D eigenvalue weighted by molar-refractivity contribution is 5.79. The van der Waals surface area contributed by atoms with Crippen LogP contribution >= 0.6 is 0 Å². The summed E-state index contributed by atoms with van der Waals surface area (Å²) in [4.78, 5) is 14.0. The highest BCUT2D eigenvalue weighted by Crippen LogP contribution is 2.13. The minimum atomic E-state index is -0.0391. The fraction of sp³-hybridized carbons (Fsp3) is 0.909. The lowest BCUT2D eigenvalue weighted by Gasteiger charge is -2.39. The van der Waals surface area contributed by atoms with E-state index < -0.39 is 0 Å². The molecule has 3 atom stereocenters. The van der Waals surface area contributed by atoms with Crippen LogP contribution in [-0.2, 0) is 9.53 Å². The maximum Gasteiger partial charge on any atom is 0.228 e. The van der Waals surface area contributed by atoms with Gasteiger partial charge < -0.3 is 15.0 Å². The second-order valence-corrected chi connectivity index (χ2v) is 4.37. The molecule has 0 saturated carbocycles. The first kappa shape index (κ1) is 12.5. The summed E-state index contributed by atoms with van der Waals surface area (Å²) in [5.41, 5.74) is 0. The zero-order chi connectivity index (χ0) is 11.4. The number of ether oxygens (including phenoxy) is 1. The van der Waals surface area contributed by atoms with Crippen molar-refractivity contribution < 1.29 is 9.53 Å². The molecule has 0 aromatic rings. The van der Waals surface area contributed by atoms with Crippen molar-refractivity contribution >= 4 is 5.91 Å². The summed E-state index contributed by atoms with van der Waals surface area (Å²) in [6.45, 7) is 8.32. The number of hydrogen-bond donors (Lipinski definition) is 1. The van der Waals surface area contributed by atoms with Crippen molar-refractivity contribution in [3.8, 4) is 0 Å². The molecule has 0 aliphatic carbocycles. The van der Waals surface area contributed by atoms with Crippen molar-refractivity contribution in [2.75, 3.05) is 26.8 Å². The second kappa shape index (κ2) is 5.47. The van der Waals surface area contributed by atoms with Crippen molar-refractivity contribution in [3.05, 3.63) is 0 Å². The van der Waals surface area contributed by atoms with E-state index in [2.05, 4.69) is 19.2 Å². The Labute approximate surface area is 92.0 Å². The lowest BCUT2D eigenvalue weighted by Crippen LogP contribution is -2.58. The first-order valence-corrected chi connectivity index (χ1v) is 5.60. The third-order valence-electron chi connectivity index (χ3n) is 3.16. The molecule has 1 amide bonds. The van der Waals surface area contributed by atoms with Gasteiger partial charge in [-0.15, -0.1) is 0 Å². The van der Waals surface area contributed by atoms with E-state index in [9.17, 15) is 4.79 Å². The van der Waals surface area contributed by atoms with E-state index >= 15 is 0 Å². The minimum Gasteiger partial charge on any atom is -0.384 e. The third-order valence-corrected chi connectivity index (χ3v) is 3.16. The van der Waals surface area contributed by atoms with Crippen molar-refractivity contribution in [2.24, 2.45) is 5.92 Å². The number of nitrogens with one attached hydrogen (secondary N) is 1. The molecule has 15 heavy (non-hydrogen) atoms. The normalized spacial score (nSPS) is 28.9. The van der Waals surface area contributed by atoms with Crippen LogP contribution in [0.5, 0.6) is 0 Å². The van der Waals surface area contributed by atoms with Crippen LogP contribution in [-0.4, -0.2) is 49.7 Å². The summed E-state index contributed by atoms with van der Waals surface area (Å²) < 4.78 is 5.01. The predicted octanol–water partition coefficient (Wildman–Crippen LogP) is 0.478. The predicted molar refractivity (Wildman–Crippen MR) is 59.7 cm³/mol. The fourth-order valence-corrected chi connectivity index (χ4v) is 1.97. The average molecular weight is 214 g/mol. The van der Waals surface area contributed by atoms with E-state index in [4.69, 9.17) is 4.74 Å². The van der Waals surface area contributed by atoms with E-state index in [1.165, 1.54) is 0 Å². The molecule has 0 aromatic carbocycles. The van der Waals surface area contributed by atoms with E-state index in [1.54, 1.807) is 7.11 Å². The lowest BCUT2D eigenvalue weighted by atomic mass is 10.0. The highest BCUT2D eigenvalue weighted by Gasteiger charge is 2.30. The number of methoxy groups -OCH3 is 1. The molecule has 1 saturated heterocycles. The van der Waals surface area contributed by atoms with Crippen LogP contribution in [0.4, 0.5) is 0 Å². The van der Waals surface area contributed by atoms with Gasteiger partial charge in [-0.2, -0.15) is 0 Å². The van der Waals surface area contributed by atoms with Gasteiger partial charge in [0.2, 0.25) is 5.91 Å². The van der Waals surface area contributed by atoms with E-state index in [-0.39, 0.29) is 17.9 Å². The van der Waals surface area contributed by atoms with Gasteiger partial charge in [-0.25, -0.2) is 0 Å². The molecule has 4 heteroatoms. The molecule has 1 aliphatic rings. The Bertz CT molecular complexity index is 221. The molecule has 0 spiro atoms. The molecule has 4 nitrogen and oxygen atoms in total. The molecule has 1 rings (SSSR count). The molecule has 1 N–H and O–H groups in total.